The molecule has 5 heteroatoms. The largest absolute Gasteiger partial charge is 0.496 e. The molecule has 0 aromatic carbocycles. The second kappa shape index (κ2) is 4.89. The third kappa shape index (κ3) is 2.35. The van der Waals surface area contributed by atoms with Crippen LogP contribution in [0.4, 0.5) is 0 Å². The molecule has 17 heavy (non-hydrogen) atoms. The number of fused-ring (bicyclic) bond motifs is 1. The lowest BCUT2D eigenvalue weighted by Crippen LogP contribution is -2.27. The SMILES string of the molecule is CCC[C@H]1Cc2oc(=O)cc(OC)c2[C@H](O)O1. The van der Waals surface area contributed by atoms with Crippen LogP contribution in [0, 0.1) is 0 Å². The molecule has 0 unspecified atom stereocenters. The van der Waals surface area contributed by atoms with Crippen LogP contribution in [-0.4, -0.2) is 18.3 Å². The zero-order chi connectivity index (χ0) is 12.4. The van der Waals surface area contributed by atoms with E-state index in [1.807, 2.05) is 6.92 Å². The maximum atomic E-state index is 11.3. The highest BCUT2D eigenvalue weighted by atomic mass is 16.6. The van der Waals surface area contributed by atoms with E-state index in [9.17, 15) is 9.90 Å². The van der Waals surface area contributed by atoms with Gasteiger partial charge in [0.05, 0.1) is 24.8 Å². The second-order valence-corrected chi connectivity index (χ2v) is 4.07. The topological polar surface area (TPSA) is 68.9 Å². The monoisotopic (exact) mass is 240 g/mol. The number of hydrogen-bond acceptors (Lipinski definition) is 5. The first-order valence-electron chi connectivity index (χ1n) is 5.70. The van der Waals surface area contributed by atoms with Crippen molar-refractivity contribution in [2.45, 2.75) is 38.6 Å². The summed E-state index contributed by atoms with van der Waals surface area (Å²) >= 11 is 0. The van der Waals surface area contributed by atoms with Crippen LogP contribution >= 0.6 is 0 Å². The molecule has 0 bridgehead atoms. The van der Waals surface area contributed by atoms with Crippen molar-refractivity contribution in [3.8, 4) is 5.75 Å². The minimum Gasteiger partial charge on any atom is -0.496 e. The van der Waals surface area contributed by atoms with Crippen molar-refractivity contribution in [2.75, 3.05) is 7.11 Å². The van der Waals surface area contributed by atoms with Crippen LogP contribution in [0.1, 0.15) is 37.4 Å². The van der Waals surface area contributed by atoms with Gasteiger partial charge in [-0.15, -0.1) is 0 Å². The van der Waals surface area contributed by atoms with E-state index in [2.05, 4.69) is 0 Å². The van der Waals surface area contributed by atoms with Gasteiger partial charge in [0.25, 0.3) is 0 Å². The first kappa shape index (κ1) is 12.1. The molecule has 0 amide bonds. The molecule has 0 saturated carbocycles. The molecule has 2 atom stereocenters. The van der Waals surface area contributed by atoms with Gasteiger partial charge in [-0.25, -0.2) is 4.79 Å². The maximum absolute atomic E-state index is 11.3. The van der Waals surface area contributed by atoms with Gasteiger partial charge in [-0.2, -0.15) is 0 Å². The van der Waals surface area contributed by atoms with E-state index in [0.717, 1.165) is 12.8 Å². The normalized spacial score (nSPS) is 23.2. The molecule has 1 aliphatic heterocycles. The van der Waals surface area contributed by atoms with Crippen molar-refractivity contribution in [2.24, 2.45) is 0 Å². The number of methoxy groups -OCH3 is 1. The van der Waals surface area contributed by atoms with Crippen molar-refractivity contribution in [3.63, 3.8) is 0 Å². The van der Waals surface area contributed by atoms with Crippen LogP contribution in [0.15, 0.2) is 15.3 Å². The van der Waals surface area contributed by atoms with E-state index in [-0.39, 0.29) is 6.10 Å². The minimum atomic E-state index is -1.09. The van der Waals surface area contributed by atoms with E-state index < -0.39 is 11.9 Å². The summed E-state index contributed by atoms with van der Waals surface area (Å²) in [5, 5.41) is 9.90. The van der Waals surface area contributed by atoms with Crippen LogP contribution in [0.2, 0.25) is 0 Å². The number of hydrogen-bond donors (Lipinski definition) is 1. The van der Waals surface area contributed by atoms with Gasteiger partial charge in [-0.05, 0) is 6.42 Å². The first-order valence-corrected chi connectivity index (χ1v) is 5.70. The number of aliphatic hydroxyl groups is 1. The summed E-state index contributed by atoms with van der Waals surface area (Å²) in [6.45, 7) is 2.03. The summed E-state index contributed by atoms with van der Waals surface area (Å²) in [6.07, 6.45) is 1.05. The average molecular weight is 240 g/mol. The molecular formula is C12H16O5. The van der Waals surface area contributed by atoms with Gasteiger partial charge in [0, 0.05) is 6.42 Å². The molecule has 0 radical (unpaired) electrons. The summed E-state index contributed by atoms with van der Waals surface area (Å²) in [7, 11) is 1.44. The van der Waals surface area contributed by atoms with E-state index >= 15 is 0 Å². The van der Waals surface area contributed by atoms with Crippen LogP contribution in [0.5, 0.6) is 5.75 Å². The van der Waals surface area contributed by atoms with Crippen molar-refractivity contribution < 1.29 is 19.0 Å². The first-order chi connectivity index (χ1) is 8.15. The minimum absolute atomic E-state index is 0.113. The molecule has 1 aliphatic rings. The fourth-order valence-corrected chi connectivity index (χ4v) is 2.11. The Bertz CT molecular complexity index is 451. The zero-order valence-corrected chi connectivity index (χ0v) is 9.93. The Labute approximate surface area is 99.0 Å². The van der Waals surface area contributed by atoms with E-state index in [1.54, 1.807) is 0 Å². The molecule has 0 spiro atoms. The molecule has 2 rings (SSSR count). The number of rotatable bonds is 3. The fraction of sp³-hybridized carbons (Fsp3) is 0.583. The number of aliphatic hydroxyl groups excluding tert-OH is 1. The van der Waals surface area contributed by atoms with Gasteiger partial charge in [-0.3, -0.25) is 0 Å². The maximum Gasteiger partial charge on any atom is 0.339 e. The van der Waals surface area contributed by atoms with Gasteiger partial charge >= 0.3 is 5.63 Å². The lowest BCUT2D eigenvalue weighted by molar-refractivity contribution is -0.155. The van der Waals surface area contributed by atoms with Crippen LogP contribution in [-0.2, 0) is 11.2 Å². The number of ether oxygens (including phenoxy) is 2. The van der Waals surface area contributed by atoms with Gasteiger partial charge in [0.2, 0.25) is 0 Å². The van der Waals surface area contributed by atoms with Crippen LogP contribution in [0.3, 0.4) is 0 Å². The standard InChI is InChI=1S/C12H16O5/c1-3-4-7-5-9-11(12(14)16-7)8(15-2)6-10(13)17-9/h6-7,12,14H,3-5H2,1-2H3/t7-,12+/m0/s1. The molecule has 1 N–H and O–H groups in total. The molecule has 2 heterocycles. The quantitative estimate of drug-likeness (QED) is 0.864. The van der Waals surface area contributed by atoms with Gasteiger partial charge in [0.1, 0.15) is 11.5 Å². The molecule has 1 aromatic rings. The van der Waals surface area contributed by atoms with Crippen molar-refractivity contribution >= 4 is 0 Å². The predicted molar refractivity (Wildman–Crippen MR) is 60.0 cm³/mol. The molecule has 1 aromatic heterocycles. The highest BCUT2D eigenvalue weighted by Crippen LogP contribution is 2.35. The highest BCUT2D eigenvalue weighted by Gasteiger charge is 2.31. The third-order valence-corrected chi connectivity index (χ3v) is 2.85. The second-order valence-electron chi connectivity index (χ2n) is 4.07. The smallest absolute Gasteiger partial charge is 0.339 e. The van der Waals surface area contributed by atoms with E-state index in [1.165, 1.54) is 13.2 Å². The lowest BCUT2D eigenvalue weighted by atomic mass is 10.0. The fourth-order valence-electron chi connectivity index (χ4n) is 2.11. The Balaban J connectivity index is 2.40. The molecule has 94 valence electrons. The third-order valence-electron chi connectivity index (χ3n) is 2.85. The Morgan fingerprint density at radius 1 is 1.59 bits per heavy atom. The van der Waals surface area contributed by atoms with E-state index in [4.69, 9.17) is 13.9 Å². The van der Waals surface area contributed by atoms with E-state index in [0.29, 0.717) is 23.5 Å². The molecule has 0 fully saturated rings. The Kier molecular flexibility index (Phi) is 3.49. The van der Waals surface area contributed by atoms with Gasteiger partial charge < -0.3 is 19.0 Å². The Morgan fingerprint density at radius 2 is 2.35 bits per heavy atom. The Morgan fingerprint density at radius 3 is 3.00 bits per heavy atom. The van der Waals surface area contributed by atoms with Crippen LogP contribution in [0.25, 0.3) is 0 Å². The Hall–Kier alpha value is -1.33. The molecule has 0 saturated heterocycles. The summed E-state index contributed by atoms with van der Waals surface area (Å²) in [6, 6.07) is 1.21. The summed E-state index contributed by atoms with van der Waals surface area (Å²) < 4.78 is 15.6. The lowest BCUT2D eigenvalue weighted by Gasteiger charge is -2.28. The average Bonchev–Trinajstić information content (AvgIpc) is 2.27. The van der Waals surface area contributed by atoms with Crippen molar-refractivity contribution in [1.82, 2.24) is 0 Å². The molecule has 0 aliphatic carbocycles. The zero-order valence-electron chi connectivity index (χ0n) is 9.93. The van der Waals surface area contributed by atoms with Gasteiger partial charge in [0.15, 0.2) is 6.29 Å². The van der Waals surface area contributed by atoms with Crippen LogP contribution < -0.4 is 10.4 Å². The van der Waals surface area contributed by atoms with Crippen molar-refractivity contribution in [3.05, 3.63) is 27.8 Å². The summed E-state index contributed by atoms with van der Waals surface area (Å²) in [5.74, 6) is 0.783. The van der Waals surface area contributed by atoms with Gasteiger partial charge in [-0.1, -0.05) is 13.3 Å². The highest BCUT2D eigenvalue weighted by molar-refractivity contribution is 5.36. The summed E-state index contributed by atoms with van der Waals surface area (Å²) in [5.41, 5.74) is -0.0376. The molecule has 5 nitrogen and oxygen atoms in total. The van der Waals surface area contributed by atoms with Crippen molar-refractivity contribution in [1.29, 1.82) is 0 Å². The molecular weight excluding hydrogens is 224 g/mol. The predicted octanol–water partition coefficient (Wildman–Crippen LogP) is 1.38. The summed E-state index contributed by atoms with van der Waals surface area (Å²) in [4.78, 5) is 11.3.